The Bertz CT molecular complexity index is 982. The number of pyridine rings is 1. The van der Waals surface area contributed by atoms with Gasteiger partial charge in [-0.3, -0.25) is 4.98 Å². The topological polar surface area (TPSA) is 50.1 Å². The van der Waals surface area contributed by atoms with Gasteiger partial charge in [-0.05, 0) is 40.8 Å². The highest BCUT2D eigenvalue weighted by Gasteiger charge is 2.23. The van der Waals surface area contributed by atoms with Gasteiger partial charge in [0.2, 0.25) is 0 Å². The molecule has 0 radical (unpaired) electrons. The van der Waals surface area contributed by atoms with Crippen LogP contribution in [0.4, 0.5) is 0 Å². The number of hydrogen-bond donors (Lipinski definition) is 2. The third kappa shape index (κ3) is 3.92. The summed E-state index contributed by atoms with van der Waals surface area (Å²) in [7, 11) is 0. The van der Waals surface area contributed by atoms with Gasteiger partial charge in [0, 0.05) is 37.2 Å². The molecular weight excluding hydrogens is 334 g/mol. The molecule has 4 rings (SSSR count). The van der Waals surface area contributed by atoms with Crippen LogP contribution in [0.2, 0.25) is 0 Å². The number of aromatic nitrogens is 2. The second-order valence-electron chi connectivity index (χ2n) is 6.69. The van der Waals surface area contributed by atoms with Crippen LogP contribution in [0.5, 0.6) is 0 Å². The molecule has 0 aliphatic rings. The molecule has 2 N–H and O–H groups in total. The minimum absolute atomic E-state index is 0.156. The predicted octanol–water partition coefficient (Wildman–Crippen LogP) is 3.78. The van der Waals surface area contributed by atoms with Gasteiger partial charge in [-0.2, -0.15) is 0 Å². The van der Waals surface area contributed by atoms with Crippen molar-refractivity contribution >= 4 is 10.9 Å². The quantitative estimate of drug-likeness (QED) is 0.529. The number of nitrogens with zero attached hydrogens (tertiary/aromatic N) is 2. The highest BCUT2D eigenvalue weighted by molar-refractivity contribution is 5.80. The molecule has 2 heterocycles. The van der Waals surface area contributed by atoms with Gasteiger partial charge in [-0.25, -0.2) is 0 Å². The van der Waals surface area contributed by atoms with E-state index >= 15 is 0 Å². The fraction of sp³-hybridized carbons (Fsp3) is 0.174. The Morgan fingerprint density at radius 3 is 2.44 bits per heavy atom. The van der Waals surface area contributed by atoms with Crippen LogP contribution < -0.4 is 5.32 Å². The maximum Gasteiger partial charge on any atom is 0.0912 e. The smallest absolute Gasteiger partial charge is 0.0912 e. The summed E-state index contributed by atoms with van der Waals surface area (Å²) in [5, 5.41) is 15.6. The lowest BCUT2D eigenvalue weighted by molar-refractivity contribution is 0.129. The highest BCUT2D eigenvalue weighted by Crippen LogP contribution is 2.27. The molecule has 4 aromatic rings. The molecule has 0 saturated carbocycles. The zero-order valence-electron chi connectivity index (χ0n) is 15.1. The maximum atomic E-state index is 11.1. The van der Waals surface area contributed by atoms with E-state index in [4.69, 9.17) is 0 Å². The maximum absolute atomic E-state index is 11.1. The fourth-order valence-electron chi connectivity index (χ4n) is 3.54. The summed E-state index contributed by atoms with van der Waals surface area (Å²) < 4.78 is 2.17. The molecule has 0 spiro atoms. The summed E-state index contributed by atoms with van der Waals surface area (Å²) in [6, 6.07) is 24.4. The zero-order valence-corrected chi connectivity index (χ0v) is 15.1. The average molecular weight is 357 g/mol. The number of nitrogens with one attached hydrogen (secondary N) is 1. The van der Waals surface area contributed by atoms with Crippen molar-refractivity contribution in [2.75, 3.05) is 6.54 Å². The van der Waals surface area contributed by atoms with Crippen LogP contribution >= 0.6 is 0 Å². The molecule has 2 atom stereocenters. The molecular formula is C23H23N3O. The first-order valence-electron chi connectivity index (χ1n) is 9.21. The van der Waals surface area contributed by atoms with Crippen molar-refractivity contribution in [3.63, 3.8) is 0 Å². The van der Waals surface area contributed by atoms with Crippen LogP contribution in [0.3, 0.4) is 0 Å². The molecule has 0 fully saturated rings. The Labute approximate surface area is 159 Å². The van der Waals surface area contributed by atoms with Crippen LogP contribution in [0.25, 0.3) is 10.9 Å². The number of hydrogen-bond acceptors (Lipinski definition) is 3. The van der Waals surface area contributed by atoms with E-state index in [0.29, 0.717) is 13.1 Å². The number of benzene rings is 2. The molecule has 27 heavy (non-hydrogen) atoms. The molecule has 0 aliphatic carbocycles. The van der Waals surface area contributed by atoms with Gasteiger partial charge in [0.15, 0.2) is 0 Å². The zero-order chi connectivity index (χ0) is 18.5. The molecule has 136 valence electrons. The first-order chi connectivity index (χ1) is 13.3. The second-order valence-corrected chi connectivity index (χ2v) is 6.69. The molecule has 0 saturated heterocycles. The van der Waals surface area contributed by atoms with E-state index in [1.807, 2.05) is 42.5 Å². The van der Waals surface area contributed by atoms with Gasteiger partial charge in [0.05, 0.1) is 12.1 Å². The number of fused-ring (bicyclic) bond motifs is 1. The second kappa shape index (κ2) is 8.16. The van der Waals surface area contributed by atoms with Gasteiger partial charge < -0.3 is 15.0 Å². The fourth-order valence-corrected chi connectivity index (χ4v) is 3.54. The lowest BCUT2D eigenvalue weighted by Gasteiger charge is -2.26. The van der Waals surface area contributed by atoms with Gasteiger partial charge in [-0.15, -0.1) is 0 Å². The van der Waals surface area contributed by atoms with E-state index in [1.54, 1.807) is 12.4 Å². The Balaban J connectivity index is 1.58. The summed E-state index contributed by atoms with van der Waals surface area (Å²) in [6.07, 6.45) is 5.07. The lowest BCUT2D eigenvalue weighted by Crippen LogP contribution is -2.34. The molecule has 4 heteroatoms. The Hall–Kier alpha value is -2.95. The van der Waals surface area contributed by atoms with Gasteiger partial charge in [-0.1, -0.05) is 48.5 Å². The predicted molar refractivity (Wildman–Crippen MR) is 108 cm³/mol. The van der Waals surface area contributed by atoms with Crippen molar-refractivity contribution in [3.05, 3.63) is 103 Å². The number of aliphatic hydroxyl groups excluding tert-OH is 1. The van der Waals surface area contributed by atoms with Crippen molar-refractivity contribution < 1.29 is 5.11 Å². The molecule has 0 amide bonds. The number of rotatable bonds is 7. The third-order valence-corrected chi connectivity index (χ3v) is 4.87. The summed E-state index contributed by atoms with van der Waals surface area (Å²) >= 11 is 0. The minimum atomic E-state index is -0.565. The van der Waals surface area contributed by atoms with Gasteiger partial charge in [0.25, 0.3) is 0 Å². The van der Waals surface area contributed by atoms with E-state index in [2.05, 4.69) is 51.4 Å². The molecule has 4 nitrogen and oxygen atoms in total. The van der Waals surface area contributed by atoms with E-state index in [0.717, 1.165) is 16.6 Å². The summed E-state index contributed by atoms with van der Waals surface area (Å²) in [4.78, 5) is 4.04. The summed E-state index contributed by atoms with van der Waals surface area (Å²) in [6.45, 7) is 1.20. The van der Waals surface area contributed by atoms with Crippen LogP contribution in [-0.4, -0.2) is 27.3 Å². The first-order valence-corrected chi connectivity index (χ1v) is 9.21. The van der Waals surface area contributed by atoms with E-state index in [1.165, 1.54) is 5.39 Å². The van der Waals surface area contributed by atoms with E-state index in [9.17, 15) is 5.11 Å². The van der Waals surface area contributed by atoms with Gasteiger partial charge in [0.1, 0.15) is 0 Å². The van der Waals surface area contributed by atoms with Crippen molar-refractivity contribution in [3.8, 4) is 0 Å². The first kappa shape index (κ1) is 17.5. The SMILES string of the molecule is O[C@@H](CNCc1ccncc1)[C@@H](c1ccccc1)n1ccc2ccccc21. The largest absolute Gasteiger partial charge is 0.389 e. The van der Waals surface area contributed by atoms with Crippen molar-refractivity contribution in [2.24, 2.45) is 0 Å². The minimum Gasteiger partial charge on any atom is -0.389 e. The van der Waals surface area contributed by atoms with Crippen LogP contribution in [-0.2, 0) is 6.54 Å². The lowest BCUT2D eigenvalue weighted by atomic mass is 10.0. The molecule has 2 aromatic heterocycles. The van der Waals surface area contributed by atoms with E-state index in [-0.39, 0.29) is 6.04 Å². The Kier molecular flexibility index (Phi) is 5.28. The summed E-state index contributed by atoms with van der Waals surface area (Å²) in [5.74, 6) is 0. The van der Waals surface area contributed by atoms with Crippen LogP contribution in [0.1, 0.15) is 17.2 Å². The monoisotopic (exact) mass is 357 g/mol. The Morgan fingerprint density at radius 2 is 1.63 bits per heavy atom. The standard InChI is InChI=1S/C23H23N3O/c27-22(17-25-16-18-10-13-24-14-11-18)23(20-7-2-1-3-8-20)26-15-12-19-6-4-5-9-21(19)26/h1-15,22-23,25,27H,16-17H2/t22-,23+/m0/s1. The normalized spacial score (nSPS) is 13.5. The van der Waals surface area contributed by atoms with Crippen molar-refractivity contribution in [2.45, 2.75) is 18.7 Å². The van der Waals surface area contributed by atoms with Crippen LogP contribution in [0.15, 0.2) is 91.4 Å². The molecule has 2 aromatic carbocycles. The third-order valence-electron chi connectivity index (χ3n) is 4.87. The molecule has 0 unspecified atom stereocenters. The average Bonchev–Trinajstić information content (AvgIpc) is 3.14. The Morgan fingerprint density at radius 1 is 0.889 bits per heavy atom. The molecule has 0 aliphatic heterocycles. The number of aliphatic hydroxyl groups is 1. The summed E-state index contributed by atoms with van der Waals surface area (Å²) in [5.41, 5.74) is 3.37. The van der Waals surface area contributed by atoms with Crippen LogP contribution in [0, 0.1) is 0 Å². The number of para-hydroxylation sites is 1. The van der Waals surface area contributed by atoms with E-state index < -0.39 is 6.10 Å². The van der Waals surface area contributed by atoms with Crippen molar-refractivity contribution in [1.29, 1.82) is 0 Å². The van der Waals surface area contributed by atoms with Gasteiger partial charge >= 0.3 is 0 Å². The highest BCUT2D eigenvalue weighted by atomic mass is 16.3. The molecule has 0 bridgehead atoms. The van der Waals surface area contributed by atoms with Crippen molar-refractivity contribution in [1.82, 2.24) is 14.9 Å².